The summed E-state index contributed by atoms with van der Waals surface area (Å²) in [4.78, 5) is 0. The van der Waals surface area contributed by atoms with E-state index in [9.17, 15) is 5.11 Å². The summed E-state index contributed by atoms with van der Waals surface area (Å²) in [5.74, 6) is 0.371. The molecule has 0 unspecified atom stereocenters. The highest BCUT2D eigenvalue weighted by Gasteiger charge is 2.09. The number of rotatable bonds is 1. The highest BCUT2D eigenvalue weighted by Crippen LogP contribution is 2.39. The monoisotopic (exact) mass is 320 g/mol. The Labute approximate surface area is 96.6 Å². The van der Waals surface area contributed by atoms with Crippen LogP contribution in [0, 0.1) is 0 Å². The van der Waals surface area contributed by atoms with Gasteiger partial charge in [0.05, 0.1) is 4.70 Å². The molecular weight excluding hydrogens is 316 g/mol. The molecule has 0 saturated heterocycles. The number of thiophene rings is 1. The largest absolute Gasteiger partial charge is 0.506 e. The van der Waals surface area contributed by atoms with Crippen LogP contribution < -0.4 is 0 Å². The summed E-state index contributed by atoms with van der Waals surface area (Å²) in [6.45, 7) is 0. The van der Waals surface area contributed by atoms with Gasteiger partial charge in [-0.15, -0.1) is 11.3 Å². The lowest BCUT2D eigenvalue weighted by atomic mass is 10.1. The van der Waals surface area contributed by atoms with E-state index in [1.165, 1.54) is 0 Å². The van der Waals surface area contributed by atoms with Crippen LogP contribution in [0.1, 0.15) is 5.56 Å². The molecule has 1 heterocycles. The zero-order valence-electron chi connectivity index (χ0n) is 6.55. The van der Waals surface area contributed by atoms with Crippen LogP contribution in [0.5, 0.6) is 5.75 Å². The molecule has 0 aliphatic rings. The molecule has 0 amide bonds. The smallest absolute Gasteiger partial charge is 0.134 e. The molecule has 2 aromatic rings. The molecule has 0 aliphatic heterocycles. The van der Waals surface area contributed by atoms with Gasteiger partial charge in [-0.05, 0) is 27.6 Å². The Morgan fingerprint density at radius 3 is 2.85 bits per heavy atom. The summed E-state index contributed by atoms with van der Waals surface area (Å²) in [5.41, 5.74) is 1.12. The Balaban J connectivity index is 2.88. The van der Waals surface area contributed by atoms with E-state index in [1.807, 2.05) is 12.1 Å². The van der Waals surface area contributed by atoms with Gasteiger partial charge in [-0.1, -0.05) is 22.0 Å². The van der Waals surface area contributed by atoms with Gasteiger partial charge in [0, 0.05) is 20.6 Å². The van der Waals surface area contributed by atoms with Crippen molar-refractivity contribution in [3.05, 3.63) is 27.5 Å². The summed E-state index contributed by atoms with van der Waals surface area (Å²) >= 11 is 8.41. The van der Waals surface area contributed by atoms with E-state index in [-0.39, 0.29) is 0 Å². The number of hydrogen-bond acceptors (Lipinski definition) is 2. The minimum Gasteiger partial charge on any atom is -0.506 e. The first kappa shape index (κ1) is 9.49. The Kier molecular flexibility index (Phi) is 2.62. The molecule has 2 rings (SSSR count). The van der Waals surface area contributed by atoms with Crippen LogP contribution >= 0.6 is 43.2 Å². The molecule has 0 saturated carbocycles. The normalized spacial score (nSPS) is 10.9. The molecule has 1 aromatic carbocycles. The molecule has 0 fully saturated rings. The summed E-state index contributed by atoms with van der Waals surface area (Å²) in [6, 6.07) is 4.02. The third kappa shape index (κ3) is 1.51. The highest BCUT2D eigenvalue weighted by atomic mass is 79.9. The van der Waals surface area contributed by atoms with Gasteiger partial charge in [0.15, 0.2) is 0 Å². The van der Waals surface area contributed by atoms with Gasteiger partial charge in [-0.2, -0.15) is 0 Å². The Hall–Kier alpha value is -0.0600. The minimum atomic E-state index is 0.371. The second-order valence-electron chi connectivity index (χ2n) is 2.67. The van der Waals surface area contributed by atoms with Crippen molar-refractivity contribution in [2.24, 2.45) is 0 Å². The molecule has 68 valence electrons. The fraction of sp³-hybridized carbons (Fsp3) is 0.111. The summed E-state index contributed by atoms with van der Waals surface area (Å²) in [6.07, 6.45) is 0. The molecule has 0 atom stereocenters. The third-order valence-corrected chi connectivity index (χ3v) is 4.41. The van der Waals surface area contributed by atoms with Gasteiger partial charge < -0.3 is 5.11 Å². The predicted octanol–water partition coefficient (Wildman–Crippen LogP) is 4.26. The fourth-order valence-electron chi connectivity index (χ4n) is 1.28. The molecular formula is C9H6Br2OS. The first-order chi connectivity index (χ1) is 6.24. The van der Waals surface area contributed by atoms with Gasteiger partial charge in [0.1, 0.15) is 5.75 Å². The first-order valence-electron chi connectivity index (χ1n) is 3.67. The molecule has 1 N–H and O–H groups in total. The van der Waals surface area contributed by atoms with Crippen LogP contribution in [0.2, 0.25) is 0 Å². The lowest BCUT2D eigenvalue weighted by molar-refractivity contribution is 0.483. The van der Waals surface area contributed by atoms with Gasteiger partial charge in [-0.3, -0.25) is 0 Å². The van der Waals surface area contributed by atoms with Crippen LogP contribution in [0.3, 0.4) is 0 Å². The van der Waals surface area contributed by atoms with Crippen LogP contribution in [0.25, 0.3) is 10.1 Å². The number of alkyl halides is 1. The van der Waals surface area contributed by atoms with Crippen molar-refractivity contribution < 1.29 is 5.11 Å². The van der Waals surface area contributed by atoms with E-state index in [4.69, 9.17) is 0 Å². The first-order valence-corrected chi connectivity index (χ1v) is 6.47. The molecule has 1 nitrogen and oxygen atoms in total. The molecule has 0 radical (unpaired) electrons. The topological polar surface area (TPSA) is 20.2 Å². The van der Waals surface area contributed by atoms with E-state index < -0.39 is 0 Å². The number of aromatic hydroxyl groups is 1. The standard InChI is InChI=1S/C9H6Br2OS/c10-3-5-1-2-6(11)9-8(5)7(12)4-13-9/h1-2,4,12H,3H2. The molecule has 1 aromatic heterocycles. The minimum absolute atomic E-state index is 0.371. The lowest BCUT2D eigenvalue weighted by Gasteiger charge is -2.00. The summed E-state index contributed by atoms with van der Waals surface area (Å²) in [7, 11) is 0. The van der Waals surface area contributed by atoms with E-state index in [0.29, 0.717) is 5.75 Å². The highest BCUT2D eigenvalue weighted by molar-refractivity contribution is 9.10. The third-order valence-electron chi connectivity index (χ3n) is 1.88. The zero-order valence-corrected chi connectivity index (χ0v) is 10.5. The van der Waals surface area contributed by atoms with Crippen LogP contribution in [-0.2, 0) is 5.33 Å². The molecule has 0 bridgehead atoms. The van der Waals surface area contributed by atoms with Crippen LogP contribution in [0.15, 0.2) is 22.0 Å². The average Bonchev–Trinajstić information content (AvgIpc) is 2.51. The summed E-state index contributed by atoms with van der Waals surface area (Å²) in [5, 5.41) is 13.1. The molecule has 0 spiro atoms. The van der Waals surface area contributed by atoms with Crippen molar-refractivity contribution in [2.45, 2.75) is 5.33 Å². The zero-order chi connectivity index (χ0) is 9.42. The maximum absolute atomic E-state index is 9.62. The van der Waals surface area contributed by atoms with Crippen molar-refractivity contribution in [1.29, 1.82) is 0 Å². The van der Waals surface area contributed by atoms with Gasteiger partial charge in [0.25, 0.3) is 0 Å². The molecule has 13 heavy (non-hydrogen) atoms. The Morgan fingerprint density at radius 1 is 1.38 bits per heavy atom. The van der Waals surface area contributed by atoms with Crippen LogP contribution in [0.4, 0.5) is 0 Å². The van der Waals surface area contributed by atoms with Crippen molar-refractivity contribution in [3.63, 3.8) is 0 Å². The summed E-state index contributed by atoms with van der Waals surface area (Å²) < 4.78 is 2.15. The number of halogens is 2. The van der Waals surface area contributed by atoms with E-state index in [0.717, 1.165) is 25.5 Å². The fourth-order valence-corrected chi connectivity index (χ4v) is 3.24. The second kappa shape index (κ2) is 3.59. The van der Waals surface area contributed by atoms with Crippen molar-refractivity contribution in [3.8, 4) is 5.75 Å². The van der Waals surface area contributed by atoms with Crippen molar-refractivity contribution in [1.82, 2.24) is 0 Å². The van der Waals surface area contributed by atoms with Crippen molar-refractivity contribution in [2.75, 3.05) is 0 Å². The van der Waals surface area contributed by atoms with E-state index in [2.05, 4.69) is 31.9 Å². The van der Waals surface area contributed by atoms with Gasteiger partial charge in [-0.25, -0.2) is 0 Å². The average molecular weight is 322 g/mol. The SMILES string of the molecule is Oc1csc2c(Br)ccc(CBr)c12. The maximum atomic E-state index is 9.62. The quantitative estimate of drug-likeness (QED) is 0.778. The number of benzene rings is 1. The Bertz CT molecular complexity index is 450. The van der Waals surface area contributed by atoms with Crippen LogP contribution in [-0.4, -0.2) is 5.11 Å². The number of hydrogen-bond donors (Lipinski definition) is 1. The number of fused-ring (bicyclic) bond motifs is 1. The second-order valence-corrected chi connectivity index (χ2v) is 4.96. The van der Waals surface area contributed by atoms with Crippen molar-refractivity contribution >= 4 is 53.3 Å². The van der Waals surface area contributed by atoms with Gasteiger partial charge in [0.2, 0.25) is 0 Å². The van der Waals surface area contributed by atoms with E-state index >= 15 is 0 Å². The lowest BCUT2D eigenvalue weighted by Crippen LogP contribution is -1.78. The molecule has 0 aliphatic carbocycles. The van der Waals surface area contributed by atoms with Gasteiger partial charge >= 0.3 is 0 Å². The Morgan fingerprint density at radius 2 is 2.15 bits per heavy atom. The predicted molar refractivity (Wildman–Crippen MR) is 63.8 cm³/mol. The van der Waals surface area contributed by atoms with E-state index in [1.54, 1.807) is 16.7 Å². The molecule has 4 heteroatoms. The maximum Gasteiger partial charge on any atom is 0.134 e.